The van der Waals surface area contributed by atoms with Gasteiger partial charge < -0.3 is 4.74 Å². The van der Waals surface area contributed by atoms with Crippen molar-refractivity contribution >= 4 is 5.97 Å². The summed E-state index contributed by atoms with van der Waals surface area (Å²) in [5.41, 5.74) is 4.29. The van der Waals surface area contributed by atoms with E-state index < -0.39 is 0 Å². The first kappa shape index (κ1) is 27.0. The summed E-state index contributed by atoms with van der Waals surface area (Å²) in [7, 11) is 0. The maximum atomic E-state index is 12.8. The van der Waals surface area contributed by atoms with Crippen molar-refractivity contribution in [3.8, 4) is 0 Å². The van der Waals surface area contributed by atoms with Gasteiger partial charge in [0, 0.05) is 6.42 Å². The number of hydrogen-bond donors (Lipinski definition) is 0. The third kappa shape index (κ3) is 5.08. The Bertz CT molecular complexity index is 989. The lowest BCUT2D eigenvalue weighted by Crippen LogP contribution is -2.51. The number of hydrogen-bond acceptors (Lipinski definition) is 2. The van der Waals surface area contributed by atoms with E-state index in [1.807, 2.05) is 31.2 Å². The number of allylic oxidation sites excluding steroid dienone is 1. The molecule has 3 saturated carbocycles. The Hall–Kier alpha value is -1.57. The Morgan fingerprint density at radius 2 is 1.73 bits per heavy atom. The van der Waals surface area contributed by atoms with Crippen LogP contribution in [0.2, 0.25) is 0 Å². The van der Waals surface area contributed by atoms with Crippen LogP contribution in [-0.2, 0) is 4.74 Å². The standard InChI is InChI=1S/C35H52O2/c1-23(2)8-7-9-25(4)30-16-17-31-29-15-14-27-22-28(37-33(36)26-12-10-24(3)11-13-26)18-20-34(27,5)32(29)19-21-35(30,31)6/h10-14,23,25,28-32H,7-9,15-22H2,1-6H3. The Labute approximate surface area is 227 Å². The lowest BCUT2D eigenvalue weighted by molar-refractivity contribution is -0.0594. The van der Waals surface area contributed by atoms with Crippen molar-refractivity contribution in [3.63, 3.8) is 0 Å². The lowest BCUT2D eigenvalue weighted by atomic mass is 9.47. The van der Waals surface area contributed by atoms with Gasteiger partial charge in [-0.2, -0.15) is 0 Å². The quantitative estimate of drug-likeness (QED) is 0.273. The first-order chi connectivity index (χ1) is 17.6. The Morgan fingerprint density at radius 1 is 0.973 bits per heavy atom. The largest absolute Gasteiger partial charge is 0.458 e. The smallest absolute Gasteiger partial charge is 0.338 e. The number of carbonyl (C=O) groups excluding carboxylic acids is 1. The average Bonchev–Trinajstić information content (AvgIpc) is 3.21. The minimum Gasteiger partial charge on any atom is -0.458 e. The predicted octanol–water partition coefficient (Wildman–Crippen LogP) is 9.56. The molecule has 0 radical (unpaired) electrons. The molecule has 5 rings (SSSR count). The molecule has 0 saturated heterocycles. The number of rotatable bonds is 7. The van der Waals surface area contributed by atoms with Gasteiger partial charge in [0.15, 0.2) is 0 Å². The molecule has 8 unspecified atom stereocenters. The minimum absolute atomic E-state index is 0.0288. The van der Waals surface area contributed by atoms with E-state index >= 15 is 0 Å². The molecule has 204 valence electrons. The van der Waals surface area contributed by atoms with Gasteiger partial charge in [-0.15, -0.1) is 0 Å². The van der Waals surface area contributed by atoms with E-state index in [1.54, 1.807) is 5.57 Å². The van der Waals surface area contributed by atoms with Gasteiger partial charge in [0.1, 0.15) is 6.10 Å². The molecule has 0 spiro atoms. The van der Waals surface area contributed by atoms with Crippen LogP contribution in [0.25, 0.3) is 0 Å². The van der Waals surface area contributed by atoms with Crippen LogP contribution in [0.5, 0.6) is 0 Å². The first-order valence-corrected chi connectivity index (χ1v) is 15.6. The summed E-state index contributed by atoms with van der Waals surface area (Å²) in [6.07, 6.45) is 16.9. The monoisotopic (exact) mass is 504 g/mol. The van der Waals surface area contributed by atoms with Gasteiger partial charge in [-0.3, -0.25) is 0 Å². The van der Waals surface area contributed by atoms with Crippen molar-refractivity contribution in [2.75, 3.05) is 0 Å². The van der Waals surface area contributed by atoms with Crippen LogP contribution >= 0.6 is 0 Å². The van der Waals surface area contributed by atoms with Crippen LogP contribution in [0.3, 0.4) is 0 Å². The van der Waals surface area contributed by atoms with Crippen LogP contribution in [0.4, 0.5) is 0 Å². The van der Waals surface area contributed by atoms with Crippen LogP contribution in [-0.4, -0.2) is 12.1 Å². The number of carbonyl (C=O) groups is 1. The fraction of sp³-hybridized carbons (Fsp3) is 0.743. The van der Waals surface area contributed by atoms with Gasteiger partial charge in [0.2, 0.25) is 0 Å². The van der Waals surface area contributed by atoms with E-state index in [2.05, 4.69) is 40.7 Å². The Balaban J connectivity index is 1.25. The van der Waals surface area contributed by atoms with Crippen LogP contribution in [0.1, 0.15) is 121 Å². The van der Waals surface area contributed by atoms with Gasteiger partial charge >= 0.3 is 5.97 Å². The zero-order chi connectivity index (χ0) is 26.4. The van der Waals surface area contributed by atoms with E-state index in [0.29, 0.717) is 16.4 Å². The zero-order valence-corrected chi connectivity index (χ0v) is 24.5. The predicted molar refractivity (Wildman–Crippen MR) is 153 cm³/mol. The maximum Gasteiger partial charge on any atom is 0.338 e. The highest BCUT2D eigenvalue weighted by Gasteiger charge is 2.59. The van der Waals surface area contributed by atoms with Gasteiger partial charge in [-0.25, -0.2) is 4.79 Å². The summed E-state index contributed by atoms with van der Waals surface area (Å²) in [6.45, 7) is 14.6. The highest BCUT2D eigenvalue weighted by molar-refractivity contribution is 5.89. The van der Waals surface area contributed by atoms with Crippen molar-refractivity contribution in [3.05, 3.63) is 47.0 Å². The number of aryl methyl sites for hydroxylation is 1. The second-order valence-corrected chi connectivity index (χ2v) is 14.4. The first-order valence-electron chi connectivity index (χ1n) is 15.6. The highest BCUT2D eigenvalue weighted by Crippen LogP contribution is 2.67. The maximum absolute atomic E-state index is 12.8. The molecular formula is C35H52O2. The number of esters is 1. The molecule has 0 heterocycles. The zero-order valence-electron chi connectivity index (χ0n) is 24.5. The summed E-state index contributed by atoms with van der Waals surface area (Å²) in [5, 5.41) is 0. The molecule has 1 aromatic carbocycles. The minimum atomic E-state index is -0.157. The van der Waals surface area contributed by atoms with Crippen LogP contribution < -0.4 is 0 Å². The van der Waals surface area contributed by atoms with Gasteiger partial charge in [-0.1, -0.05) is 83.2 Å². The van der Waals surface area contributed by atoms with Crippen LogP contribution in [0.15, 0.2) is 35.9 Å². The molecule has 37 heavy (non-hydrogen) atoms. The topological polar surface area (TPSA) is 26.3 Å². The molecule has 0 bridgehead atoms. The second-order valence-electron chi connectivity index (χ2n) is 14.4. The van der Waals surface area contributed by atoms with Crippen molar-refractivity contribution < 1.29 is 9.53 Å². The SMILES string of the molecule is Cc1ccc(C(=O)OC2CCC3(C)C(=CCC4C3CCC3(C)C(C(C)CCCC(C)C)CCC43)C2)cc1. The van der Waals surface area contributed by atoms with E-state index in [1.165, 1.54) is 63.4 Å². The van der Waals surface area contributed by atoms with Crippen molar-refractivity contribution in [2.45, 2.75) is 118 Å². The normalized spacial score (nSPS) is 37.8. The molecule has 8 atom stereocenters. The number of benzene rings is 1. The van der Waals surface area contributed by atoms with E-state index in [9.17, 15) is 4.79 Å². The van der Waals surface area contributed by atoms with Gasteiger partial charge in [0.25, 0.3) is 0 Å². The molecule has 0 N–H and O–H groups in total. The van der Waals surface area contributed by atoms with Crippen molar-refractivity contribution in [1.82, 2.24) is 0 Å². The molecule has 4 aliphatic rings. The lowest BCUT2D eigenvalue weighted by Gasteiger charge is -2.58. The van der Waals surface area contributed by atoms with Gasteiger partial charge in [0.05, 0.1) is 5.56 Å². The van der Waals surface area contributed by atoms with Crippen LogP contribution in [0, 0.1) is 53.3 Å². The molecule has 0 amide bonds. The Kier molecular flexibility index (Phi) is 7.69. The fourth-order valence-electron chi connectivity index (χ4n) is 9.66. The van der Waals surface area contributed by atoms with E-state index in [4.69, 9.17) is 4.74 Å². The average molecular weight is 505 g/mol. The molecule has 0 aromatic heterocycles. The molecule has 4 aliphatic carbocycles. The third-order valence-electron chi connectivity index (χ3n) is 11.8. The van der Waals surface area contributed by atoms with Crippen molar-refractivity contribution in [1.29, 1.82) is 0 Å². The summed E-state index contributed by atoms with van der Waals surface area (Å²) < 4.78 is 6.04. The molecule has 2 heteroatoms. The number of ether oxygens (including phenoxy) is 1. The Morgan fingerprint density at radius 3 is 2.46 bits per heavy atom. The molecule has 2 nitrogen and oxygen atoms in total. The van der Waals surface area contributed by atoms with Crippen molar-refractivity contribution in [2.24, 2.45) is 46.3 Å². The third-order valence-corrected chi connectivity index (χ3v) is 11.8. The summed E-state index contributed by atoms with van der Waals surface area (Å²) >= 11 is 0. The second kappa shape index (κ2) is 10.5. The molecular weight excluding hydrogens is 452 g/mol. The summed E-state index contributed by atoms with van der Waals surface area (Å²) in [5.74, 6) is 5.03. The summed E-state index contributed by atoms with van der Waals surface area (Å²) in [4.78, 5) is 12.8. The summed E-state index contributed by atoms with van der Waals surface area (Å²) in [6, 6.07) is 7.78. The molecule has 0 aliphatic heterocycles. The highest BCUT2D eigenvalue weighted by atomic mass is 16.5. The van der Waals surface area contributed by atoms with Gasteiger partial charge in [-0.05, 0) is 110 Å². The fourth-order valence-corrected chi connectivity index (χ4v) is 9.66. The number of fused-ring (bicyclic) bond motifs is 5. The van der Waals surface area contributed by atoms with E-state index in [0.717, 1.165) is 48.3 Å². The van der Waals surface area contributed by atoms with E-state index in [-0.39, 0.29) is 12.1 Å². The molecule has 1 aromatic rings. The molecule has 3 fully saturated rings.